The number of carbonyl (C=O) groups is 2. The molecule has 13 heavy (non-hydrogen) atoms. The smallest absolute Gasteiger partial charge is 0.336 e. The number of hydrogen-bond donors (Lipinski definition) is 1. The van der Waals surface area contributed by atoms with Crippen LogP contribution in [0.5, 0.6) is 0 Å². The normalized spacial score (nSPS) is 27.8. The molecule has 0 radical (unpaired) electrons. The average Bonchev–Trinajstić information content (AvgIpc) is 2.24. The second-order valence-corrected chi connectivity index (χ2v) is 3.28. The van der Waals surface area contributed by atoms with Gasteiger partial charge in [0.1, 0.15) is 5.60 Å². The number of carboxylic acid groups (broad SMARTS) is 1. The number of rotatable bonds is 2. The standard InChI is InChI=1S/C9H12O4/c1-4-9(3)6(7(10)11)5(2)8(12)13-9/h4H2,1-3H3,(H,10,11). The third-order valence-electron chi connectivity index (χ3n) is 2.42. The molecule has 0 spiro atoms. The Balaban J connectivity index is 3.22. The lowest BCUT2D eigenvalue weighted by atomic mass is 9.92. The maximum absolute atomic E-state index is 11.1. The summed E-state index contributed by atoms with van der Waals surface area (Å²) in [5, 5.41) is 8.88. The second kappa shape index (κ2) is 2.87. The molecule has 0 saturated heterocycles. The molecule has 4 nitrogen and oxygen atoms in total. The highest BCUT2D eigenvalue weighted by molar-refractivity contribution is 6.04. The van der Waals surface area contributed by atoms with Gasteiger partial charge in [0.25, 0.3) is 0 Å². The van der Waals surface area contributed by atoms with E-state index in [0.29, 0.717) is 6.42 Å². The first-order chi connectivity index (χ1) is 5.92. The predicted molar refractivity (Wildman–Crippen MR) is 45.1 cm³/mol. The third-order valence-corrected chi connectivity index (χ3v) is 2.42. The third kappa shape index (κ3) is 1.32. The van der Waals surface area contributed by atoms with Crippen LogP contribution in [0.1, 0.15) is 27.2 Å². The summed E-state index contributed by atoms with van der Waals surface area (Å²) in [6.07, 6.45) is 0.470. The van der Waals surface area contributed by atoms with Crippen LogP contribution >= 0.6 is 0 Å². The van der Waals surface area contributed by atoms with Crippen LogP contribution in [0.4, 0.5) is 0 Å². The van der Waals surface area contributed by atoms with Crippen molar-refractivity contribution in [2.24, 2.45) is 0 Å². The number of esters is 1. The van der Waals surface area contributed by atoms with Crippen LogP contribution in [0.3, 0.4) is 0 Å². The average molecular weight is 184 g/mol. The van der Waals surface area contributed by atoms with Gasteiger partial charge in [0, 0.05) is 5.57 Å². The number of ether oxygens (including phenoxy) is 1. The lowest BCUT2D eigenvalue weighted by Gasteiger charge is -2.22. The van der Waals surface area contributed by atoms with Gasteiger partial charge in [0.2, 0.25) is 0 Å². The molecule has 72 valence electrons. The summed E-state index contributed by atoms with van der Waals surface area (Å²) in [6.45, 7) is 4.88. The first-order valence-electron chi connectivity index (χ1n) is 4.10. The summed E-state index contributed by atoms with van der Waals surface area (Å²) in [5.74, 6) is -1.60. The van der Waals surface area contributed by atoms with Crippen molar-refractivity contribution in [3.63, 3.8) is 0 Å². The molecular weight excluding hydrogens is 172 g/mol. The monoisotopic (exact) mass is 184 g/mol. The van der Waals surface area contributed by atoms with Crippen LogP contribution in [-0.2, 0) is 14.3 Å². The van der Waals surface area contributed by atoms with Crippen LogP contribution in [0, 0.1) is 0 Å². The van der Waals surface area contributed by atoms with Crippen molar-refractivity contribution in [3.05, 3.63) is 11.1 Å². The van der Waals surface area contributed by atoms with E-state index in [4.69, 9.17) is 9.84 Å². The van der Waals surface area contributed by atoms with E-state index in [1.54, 1.807) is 13.8 Å². The largest absolute Gasteiger partial charge is 0.478 e. The summed E-state index contributed by atoms with van der Waals surface area (Å²) in [4.78, 5) is 22.0. The predicted octanol–water partition coefficient (Wildman–Crippen LogP) is 1.11. The van der Waals surface area contributed by atoms with E-state index in [2.05, 4.69) is 0 Å². The van der Waals surface area contributed by atoms with E-state index in [-0.39, 0.29) is 11.1 Å². The Morgan fingerprint density at radius 2 is 2.15 bits per heavy atom. The highest BCUT2D eigenvalue weighted by Crippen LogP contribution is 2.34. The van der Waals surface area contributed by atoms with Crippen molar-refractivity contribution in [1.82, 2.24) is 0 Å². The van der Waals surface area contributed by atoms with Crippen molar-refractivity contribution < 1.29 is 19.4 Å². The zero-order chi connectivity index (χ0) is 10.2. The molecule has 0 aliphatic carbocycles. The van der Waals surface area contributed by atoms with Crippen molar-refractivity contribution in [2.45, 2.75) is 32.8 Å². The molecule has 0 bridgehead atoms. The molecule has 1 aliphatic heterocycles. The summed E-state index contributed by atoms with van der Waals surface area (Å²) >= 11 is 0. The van der Waals surface area contributed by atoms with Gasteiger partial charge in [-0.1, -0.05) is 6.92 Å². The first kappa shape index (κ1) is 9.77. The van der Waals surface area contributed by atoms with Gasteiger partial charge in [-0.25, -0.2) is 9.59 Å². The van der Waals surface area contributed by atoms with Gasteiger partial charge < -0.3 is 9.84 Å². The van der Waals surface area contributed by atoms with Crippen molar-refractivity contribution in [3.8, 4) is 0 Å². The second-order valence-electron chi connectivity index (χ2n) is 3.28. The summed E-state index contributed by atoms with van der Waals surface area (Å²) in [7, 11) is 0. The molecule has 0 aromatic carbocycles. The Labute approximate surface area is 76.2 Å². The zero-order valence-electron chi connectivity index (χ0n) is 7.88. The molecule has 1 heterocycles. The Kier molecular flexibility index (Phi) is 2.15. The van der Waals surface area contributed by atoms with E-state index < -0.39 is 17.5 Å². The maximum atomic E-state index is 11.1. The molecule has 0 saturated carbocycles. The lowest BCUT2D eigenvalue weighted by Crippen LogP contribution is -2.30. The number of carbonyl (C=O) groups excluding carboxylic acids is 1. The molecular formula is C9H12O4. The van der Waals surface area contributed by atoms with Gasteiger partial charge in [0.05, 0.1) is 5.57 Å². The first-order valence-corrected chi connectivity index (χ1v) is 4.10. The maximum Gasteiger partial charge on any atom is 0.336 e. The molecule has 0 aromatic heterocycles. The molecule has 0 aromatic rings. The molecule has 1 rings (SSSR count). The van der Waals surface area contributed by atoms with Crippen LogP contribution in [-0.4, -0.2) is 22.6 Å². The molecule has 0 fully saturated rings. The van der Waals surface area contributed by atoms with Gasteiger partial charge in [-0.2, -0.15) is 0 Å². The van der Waals surface area contributed by atoms with Crippen molar-refractivity contribution in [2.75, 3.05) is 0 Å². The topological polar surface area (TPSA) is 63.6 Å². The van der Waals surface area contributed by atoms with Crippen LogP contribution in [0.25, 0.3) is 0 Å². The highest BCUT2D eigenvalue weighted by atomic mass is 16.6. The van der Waals surface area contributed by atoms with Crippen molar-refractivity contribution >= 4 is 11.9 Å². The zero-order valence-corrected chi connectivity index (χ0v) is 7.88. The number of aliphatic carboxylic acids is 1. The number of carboxylic acids is 1. The van der Waals surface area contributed by atoms with Gasteiger partial charge >= 0.3 is 11.9 Å². The van der Waals surface area contributed by atoms with E-state index in [0.717, 1.165) is 0 Å². The van der Waals surface area contributed by atoms with Gasteiger partial charge in [-0.05, 0) is 20.3 Å². The van der Waals surface area contributed by atoms with Crippen LogP contribution in [0.2, 0.25) is 0 Å². The SMILES string of the molecule is CCC1(C)OC(=O)C(C)=C1C(=O)O. The van der Waals surface area contributed by atoms with E-state index in [1.807, 2.05) is 0 Å². The van der Waals surface area contributed by atoms with E-state index in [1.165, 1.54) is 6.92 Å². The summed E-state index contributed by atoms with van der Waals surface area (Å²) < 4.78 is 4.99. The summed E-state index contributed by atoms with van der Waals surface area (Å²) in [5.41, 5.74) is -0.663. The Bertz CT molecular complexity index is 303. The Hall–Kier alpha value is -1.32. The fourth-order valence-electron chi connectivity index (χ4n) is 1.47. The van der Waals surface area contributed by atoms with E-state index in [9.17, 15) is 9.59 Å². The molecule has 1 atom stereocenters. The van der Waals surface area contributed by atoms with Crippen LogP contribution in [0.15, 0.2) is 11.1 Å². The van der Waals surface area contributed by atoms with Gasteiger partial charge in [-0.15, -0.1) is 0 Å². The quantitative estimate of drug-likeness (QED) is 0.653. The number of hydrogen-bond acceptors (Lipinski definition) is 3. The van der Waals surface area contributed by atoms with Crippen LogP contribution < -0.4 is 0 Å². The Morgan fingerprint density at radius 3 is 2.46 bits per heavy atom. The highest BCUT2D eigenvalue weighted by Gasteiger charge is 2.44. The minimum absolute atomic E-state index is 0.0833. The minimum atomic E-state index is -1.08. The van der Waals surface area contributed by atoms with E-state index >= 15 is 0 Å². The van der Waals surface area contributed by atoms with Crippen molar-refractivity contribution in [1.29, 1.82) is 0 Å². The molecule has 1 unspecified atom stereocenters. The fraction of sp³-hybridized carbons (Fsp3) is 0.556. The lowest BCUT2D eigenvalue weighted by molar-refractivity contribution is -0.147. The number of cyclic esters (lactones) is 1. The summed E-state index contributed by atoms with van der Waals surface area (Å²) in [6, 6.07) is 0. The molecule has 1 aliphatic rings. The molecule has 1 N–H and O–H groups in total. The Morgan fingerprint density at radius 1 is 1.62 bits per heavy atom. The fourth-order valence-corrected chi connectivity index (χ4v) is 1.47. The minimum Gasteiger partial charge on any atom is -0.478 e. The molecule has 4 heteroatoms. The molecule has 0 amide bonds. The van der Waals surface area contributed by atoms with Gasteiger partial charge in [-0.3, -0.25) is 0 Å². The van der Waals surface area contributed by atoms with Gasteiger partial charge in [0.15, 0.2) is 0 Å².